The molecule has 0 radical (unpaired) electrons. The molecule has 1 fully saturated rings. The molecule has 20 heavy (non-hydrogen) atoms. The fourth-order valence-corrected chi connectivity index (χ4v) is 3.23. The van der Waals surface area contributed by atoms with Gasteiger partial charge < -0.3 is 9.47 Å². The van der Waals surface area contributed by atoms with Gasteiger partial charge in [-0.15, -0.1) is 0 Å². The summed E-state index contributed by atoms with van der Waals surface area (Å²) in [6.45, 7) is 3.59. The minimum atomic E-state index is -0.315. The Hall–Kier alpha value is -1.66. The van der Waals surface area contributed by atoms with Crippen molar-refractivity contribution in [1.82, 2.24) is 19.2 Å². The predicted molar refractivity (Wildman–Crippen MR) is 77.4 cm³/mol. The van der Waals surface area contributed by atoms with Crippen molar-refractivity contribution in [2.24, 2.45) is 7.05 Å². The van der Waals surface area contributed by atoms with Crippen LogP contribution in [0.1, 0.15) is 6.92 Å². The summed E-state index contributed by atoms with van der Waals surface area (Å²) in [5.74, 6) is 0. The van der Waals surface area contributed by atoms with E-state index in [2.05, 4.69) is 10.00 Å². The molecule has 0 spiro atoms. The van der Waals surface area contributed by atoms with Crippen LogP contribution in [0.25, 0.3) is 10.8 Å². The SMILES string of the molecule is CN1CC(C)(n2cc3c(Cl)nn(C)c(=O)c3cc2=O)C1. The predicted octanol–water partition coefficient (Wildman–Crippen LogP) is 0.409. The first-order valence-corrected chi connectivity index (χ1v) is 6.68. The van der Waals surface area contributed by atoms with Crippen molar-refractivity contribution in [3.05, 3.63) is 38.1 Å². The fraction of sp³-hybridized carbons (Fsp3) is 0.462. The molecule has 6 nitrogen and oxygen atoms in total. The minimum Gasteiger partial charge on any atom is -0.306 e. The molecule has 0 N–H and O–H groups in total. The van der Waals surface area contributed by atoms with Gasteiger partial charge in [0.2, 0.25) is 0 Å². The molecule has 0 unspecified atom stereocenters. The van der Waals surface area contributed by atoms with Crippen LogP contribution >= 0.6 is 11.6 Å². The molecule has 1 saturated heterocycles. The van der Waals surface area contributed by atoms with Crippen LogP contribution in [0.3, 0.4) is 0 Å². The first-order chi connectivity index (χ1) is 9.32. The van der Waals surface area contributed by atoms with Gasteiger partial charge in [-0.3, -0.25) is 9.59 Å². The Morgan fingerprint density at radius 3 is 2.50 bits per heavy atom. The van der Waals surface area contributed by atoms with Gasteiger partial charge in [0.05, 0.1) is 10.9 Å². The number of aryl methyl sites for hydroxylation is 1. The topological polar surface area (TPSA) is 60.1 Å². The highest BCUT2D eigenvalue weighted by atomic mass is 35.5. The smallest absolute Gasteiger partial charge is 0.274 e. The number of fused-ring (bicyclic) bond motifs is 1. The molecular weight excluding hydrogens is 280 g/mol. The summed E-state index contributed by atoms with van der Waals surface area (Å²) < 4.78 is 2.80. The number of hydrogen-bond donors (Lipinski definition) is 0. The summed E-state index contributed by atoms with van der Waals surface area (Å²) in [7, 11) is 3.51. The normalized spacial score (nSPS) is 18.2. The van der Waals surface area contributed by atoms with Gasteiger partial charge in [-0.25, -0.2) is 4.68 Å². The molecule has 1 aliphatic heterocycles. The summed E-state index contributed by atoms with van der Waals surface area (Å²) in [4.78, 5) is 26.4. The molecule has 0 aliphatic carbocycles. The Bertz CT molecular complexity index is 817. The van der Waals surface area contributed by atoms with E-state index in [1.165, 1.54) is 13.1 Å². The summed E-state index contributed by atoms with van der Waals surface area (Å²) in [5.41, 5.74) is -0.762. The monoisotopic (exact) mass is 294 g/mol. The molecule has 0 aromatic carbocycles. The lowest BCUT2D eigenvalue weighted by Crippen LogP contribution is -2.61. The molecule has 0 saturated carbocycles. The molecule has 1 aliphatic rings. The Kier molecular flexibility index (Phi) is 2.78. The van der Waals surface area contributed by atoms with E-state index in [0.717, 1.165) is 17.8 Å². The van der Waals surface area contributed by atoms with Crippen LogP contribution in [0.5, 0.6) is 0 Å². The lowest BCUT2D eigenvalue weighted by atomic mass is 9.92. The van der Waals surface area contributed by atoms with E-state index in [1.807, 2.05) is 14.0 Å². The maximum Gasteiger partial charge on any atom is 0.274 e. The van der Waals surface area contributed by atoms with Gasteiger partial charge in [-0.2, -0.15) is 5.10 Å². The van der Waals surface area contributed by atoms with Crippen molar-refractivity contribution >= 4 is 22.4 Å². The molecule has 0 amide bonds. The van der Waals surface area contributed by atoms with Gasteiger partial charge in [-0.1, -0.05) is 11.6 Å². The fourth-order valence-electron chi connectivity index (χ4n) is 2.97. The second-order valence-electron chi connectivity index (χ2n) is 5.70. The number of pyridine rings is 1. The zero-order valence-electron chi connectivity index (χ0n) is 11.6. The van der Waals surface area contributed by atoms with Gasteiger partial charge in [0.15, 0.2) is 5.15 Å². The molecule has 3 rings (SSSR count). The van der Waals surface area contributed by atoms with Gasteiger partial charge in [-0.05, 0) is 14.0 Å². The third-order valence-corrected chi connectivity index (χ3v) is 4.12. The number of halogens is 1. The maximum absolute atomic E-state index is 12.3. The third kappa shape index (κ3) is 1.79. The number of likely N-dealkylation sites (tertiary alicyclic amines) is 1. The molecule has 3 heterocycles. The number of aromatic nitrogens is 3. The van der Waals surface area contributed by atoms with E-state index in [9.17, 15) is 9.59 Å². The van der Waals surface area contributed by atoms with E-state index >= 15 is 0 Å². The zero-order chi connectivity index (χ0) is 14.7. The Morgan fingerprint density at radius 1 is 1.25 bits per heavy atom. The summed E-state index contributed by atoms with van der Waals surface area (Å²) >= 11 is 6.10. The second-order valence-corrected chi connectivity index (χ2v) is 6.06. The van der Waals surface area contributed by atoms with Crippen molar-refractivity contribution in [2.45, 2.75) is 12.5 Å². The van der Waals surface area contributed by atoms with Crippen LogP contribution in [-0.2, 0) is 12.6 Å². The lowest BCUT2D eigenvalue weighted by Gasteiger charge is -2.47. The number of rotatable bonds is 1. The van der Waals surface area contributed by atoms with Crippen LogP contribution < -0.4 is 11.1 Å². The summed E-state index contributed by atoms with van der Waals surface area (Å²) in [6, 6.07) is 1.36. The third-order valence-electron chi connectivity index (χ3n) is 3.84. The molecule has 0 atom stereocenters. The first-order valence-electron chi connectivity index (χ1n) is 6.30. The Morgan fingerprint density at radius 2 is 1.90 bits per heavy atom. The average Bonchev–Trinajstić information content (AvgIpc) is 2.33. The maximum atomic E-state index is 12.3. The number of likely N-dealkylation sites (N-methyl/N-ethyl adjacent to an activating group) is 1. The Labute approximate surface area is 120 Å². The molecule has 7 heteroatoms. The van der Waals surface area contributed by atoms with Crippen molar-refractivity contribution < 1.29 is 0 Å². The van der Waals surface area contributed by atoms with Crippen LogP contribution in [0.15, 0.2) is 21.9 Å². The average molecular weight is 295 g/mol. The van der Waals surface area contributed by atoms with E-state index in [0.29, 0.717) is 10.8 Å². The standard InChI is InChI=1S/C13H15ClN4O2/c1-13(6-16(2)7-13)18-5-9-8(4-10(18)19)12(20)17(3)15-11(9)14/h4-5H,6-7H2,1-3H3. The molecule has 2 aromatic heterocycles. The summed E-state index contributed by atoms with van der Waals surface area (Å²) in [6.07, 6.45) is 1.65. The van der Waals surface area contributed by atoms with Crippen LogP contribution in [0.4, 0.5) is 0 Å². The van der Waals surface area contributed by atoms with E-state index < -0.39 is 0 Å². The molecular formula is C13H15ClN4O2. The second kappa shape index (κ2) is 4.17. The van der Waals surface area contributed by atoms with E-state index in [1.54, 1.807) is 10.8 Å². The van der Waals surface area contributed by atoms with Crippen LogP contribution in [-0.4, -0.2) is 39.4 Å². The lowest BCUT2D eigenvalue weighted by molar-refractivity contribution is 0.0468. The van der Waals surface area contributed by atoms with E-state index in [-0.39, 0.29) is 21.8 Å². The highest BCUT2D eigenvalue weighted by Crippen LogP contribution is 2.27. The number of hydrogen-bond acceptors (Lipinski definition) is 4. The molecule has 106 valence electrons. The quantitative estimate of drug-likeness (QED) is 0.764. The highest BCUT2D eigenvalue weighted by Gasteiger charge is 2.38. The van der Waals surface area contributed by atoms with Gasteiger partial charge in [0.1, 0.15) is 0 Å². The van der Waals surface area contributed by atoms with Crippen molar-refractivity contribution in [1.29, 1.82) is 0 Å². The van der Waals surface area contributed by atoms with Crippen LogP contribution in [0, 0.1) is 0 Å². The largest absolute Gasteiger partial charge is 0.306 e. The number of nitrogens with zero attached hydrogens (tertiary/aromatic N) is 4. The van der Waals surface area contributed by atoms with Gasteiger partial charge >= 0.3 is 0 Å². The zero-order valence-corrected chi connectivity index (χ0v) is 12.3. The summed E-state index contributed by atoms with van der Waals surface area (Å²) in [5, 5.41) is 5.01. The van der Waals surface area contributed by atoms with Crippen molar-refractivity contribution in [2.75, 3.05) is 20.1 Å². The molecule has 0 bridgehead atoms. The Balaban J connectivity index is 2.31. The molecule has 2 aromatic rings. The minimum absolute atomic E-state index is 0.188. The van der Waals surface area contributed by atoms with Crippen molar-refractivity contribution in [3.63, 3.8) is 0 Å². The van der Waals surface area contributed by atoms with Gasteiger partial charge in [0.25, 0.3) is 11.1 Å². The van der Waals surface area contributed by atoms with Crippen LogP contribution in [0.2, 0.25) is 5.15 Å². The first kappa shape index (κ1) is 13.3. The van der Waals surface area contributed by atoms with Gasteiger partial charge in [0, 0.05) is 37.8 Å². The van der Waals surface area contributed by atoms with Crippen molar-refractivity contribution in [3.8, 4) is 0 Å². The highest BCUT2D eigenvalue weighted by molar-refractivity contribution is 6.34. The van der Waals surface area contributed by atoms with E-state index in [4.69, 9.17) is 11.6 Å².